The molecule has 0 saturated heterocycles. The van der Waals surface area contributed by atoms with Gasteiger partial charge in [0.15, 0.2) is 0 Å². The lowest BCUT2D eigenvalue weighted by Gasteiger charge is -2.42. The summed E-state index contributed by atoms with van der Waals surface area (Å²) in [4.78, 5) is 24.8. The van der Waals surface area contributed by atoms with Crippen LogP contribution >= 0.6 is 0 Å². The highest BCUT2D eigenvalue weighted by atomic mass is 16.5. The fourth-order valence-electron chi connectivity index (χ4n) is 3.77. The number of benzene rings is 1. The maximum absolute atomic E-state index is 12.9. The second-order valence-corrected chi connectivity index (χ2v) is 7.09. The van der Waals surface area contributed by atoms with Gasteiger partial charge in [-0.1, -0.05) is 57.0 Å². The molecule has 1 saturated carbocycles. The van der Waals surface area contributed by atoms with Crippen LogP contribution in [0.5, 0.6) is 0 Å². The smallest absolute Gasteiger partial charge is 0.313 e. The van der Waals surface area contributed by atoms with Gasteiger partial charge in [0.05, 0.1) is 11.3 Å². The van der Waals surface area contributed by atoms with Crippen LogP contribution in [0.15, 0.2) is 30.3 Å². The molecule has 1 aromatic carbocycles. The average molecular weight is 332 g/mol. The largest absolute Gasteiger partial charge is 0.481 e. The third kappa shape index (κ3) is 4.16. The predicted octanol–water partition coefficient (Wildman–Crippen LogP) is 4.43. The van der Waals surface area contributed by atoms with E-state index in [1.807, 2.05) is 30.3 Å². The maximum atomic E-state index is 12.9. The van der Waals surface area contributed by atoms with Crippen molar-refractivity contribution in [2.24, 2.45) is 17.3 Å². The van der Waals surface area contributed by atoms with Crippen molar-refractivity contribution in [3.63, 3.8) is 0 Å². The van der Waals surface area contributed by atoms with E-state index in [9.17, 15) is 14.7 Å². The van der Waals surface area contributed by atoms with Gasteiger partial charge in [0, 0.05) is 0 Å². The van der Waals surface area contributed by atoms with Crippen LogP contribution in [-0.4, -0.2) is 17.0 Å². The van der Waals surface area contributed by atoms with Crippen LogP contribution < -0.4 is 0 Å². The van der Waals surface area contributed by atoms with Crippen molar-refractivity contribution in [3.05, 3.63) is 35.9 Å². The first-order valence-corrected chi connectivity index (χ1v) is 8.93. The first-order valence-electron chi connectivity index (χ1n) is 8.93. The molecule has 1 aliphatic rings. The number of rotatable bonds is 7. The standard InChI is InChI=1S/C20H28O4/c1-3-4-11-20(12-10-15(2)13-17(20)18(21)22)19(23)24-14-16-8-6-5-7-9-16/h5-9,15,17H,3-4,10-14H2,1-2H3,(H,21,22). The van der Waals surface area contributed by atoms with E-state index in [-0.39, 0.29) is 12.6 Å². The molecule has 24 heavy (non-hydrogen) atoms. The molecular formula is C20H28O4. The second-order valence-electron chi connectivity index (χ2n) is 7.09. The number of carbonyl (C=O) groups excluding carboxylic acids is 1. The number of esters is 1. The van der Waals surface area contributed by atoms with Crippen molar-refractivity contribution in [1.82, 2.24) is 0 Å². The first kappa shape index (κ1) is 18.5. The molecule has 1 fully saturated rings. The zero-order valence-electron chi connectivity index (χ0n) is 14.7. The molecule has 0 heterocycles. The Morgan fingerprint density at radius 3 is 2.62 bits per heavy atom. The molecule has 1 aliphatic carbocycles. The SMILES string of the molecule is CCCCC1(C(=O)OCc2ccccc2)CCC(C)CC1C(=O)O. The minimum atomic E-state index is -0.872. The Balaban J connectivity index is 2.18. The Kier molecular flexibility index (Phi) is 6.41. The first-order chi connectivity index (χ1) is 11.5. The number of aliphatic carboxylic acids is 1. The molecular weight excluding hydrogens is 304 g/mol. The van der Waals surface area contributed by atoms with Crippen molar-refractivity contribution >= 4 is 11.9 Å². The van der Waals surface area contributed by atoms with Gasteiger partial charge in [-0.15, -0.1) is 0 Å². The summed E-state index contributed by atoms with van der Waals surface area (Å²) < 4.78 is 5.58. The number of carboxylic acids is 1. The topological polar surface area (TPSA) is 63.6 Å². The summed E-state index contributed by atoms with van der Waals surface area (Å²) in [5, 5.41) is 9.72. The molecule has 2 rings (SSSR count). The van der Waals surface area contributed by atoms with Crippen LogP contribution in [0.1, 0.15) is 57.9 Å². The highest BCUT2D eigenvalue weighted by Gasteiger charge is 2.52. The van der Waals surface area contributed by atoms with Gasteiger partial charge < -0.3 is 9.84 Å². The van der Waals surface area contributed by atoms with Crippen molar-refractivity contribution in [1.29, 1.82) is 0 Å². The minimum absolute atomic E-state index is 0.204. The van der Waals surface area contributed by atoms with Gasteiger partial charge in [-0.2, -0.15) is 0 Å². The van der Waals surface area contributed by atoms with Gasteiger partial charge in [-0.25, -0.2) is 0 Å². The molecule has 0 spiro atoms. The van der Waals surface area contributed by atoms with Crippen LogP contribution in [0.2, 0.25) is 0 Å². The lowest BCUT2D eigenvalue weighted by Crippen LogP contribution is -2.47. The van der Waals surface area contributed by atoms with E-state index < -0.39 is 17.3 Å². The van der Waals surface area contributed by atoms with Crippen LogP contribution in [0, 0.1) is 17.3 Å². The van der Waals surface area contributed by atoms with Gasteiger partial charge in [0.1, 0.15) is 6.61 Å². The molecule has 0 aliphatic heterocycles. The summed E-state index contributed by atoms with van der Waals surface area (Å²) in [5.74, 6) is -1.51. The summed E-state index contributed by atoms with van der Waals surface area (Å²) in [5.41, 5.74) is 0.0518. The van der Waals surface area contributed by atoms with Crippen molar-refractivity contribution in [3.8, 4) is 0 Å². The van der Waals surface area contributed by atoms with E-state index in [4.69, 9.17) is 4.74 Å². The van der Waals surface area contributed by atoms with Crippen molar-refractivity contribution < 1.29 is 19.4 Å². The molecule has 4 nitrogen and oxygen atoms in total. The van der Waals surface area contributed by atoms with E-state index in [0.717, 1.165) is 24.8 Å². The van der Waals surface area contributed by atoms with E-state index in [0.29, 0.717) is 25.2 Å². The molecule has 0 amide bonds. The number of carbonyl (C=O) groups is 2. The molecule has 0 aromatic heterocycles. The summed E-state index contributed by atoms with van der Waals surface area (Å²) >= 11 is 0. The summed E-state index contributed by atoms with van der Waals surface area (Å²) in [6.45, 7) is 4.33. The van der Waals surface area contributed by atoms with Crippen molar-refractivity contribution in [2.75, 3.05) is 0 Å². The number of hydrogen-bond acceptors (Lipinski definition) is 3. The highest BCUT2D eigenvalue weighted by molar-refractivity contribution is 5.85. The van der Waals surface area contributed by atoms with E-state index in [1.54, 1.807) is 0 Å². The molecule has 4 heteroatoms. The molecule has 3 unspecified atom stereocenters. The number of carboxylic acid groups (broad SMARTS) is 1. The van der Waals surface area contributed by atoms with Gasteiger partial charge in [0.25, 0.3) is 0 Å². The quantitative estimate of drug-likeness (QED) is 0.750. The lowest BCUT2D eigenvalue weighted by molar-refractivity contribution is -0.174. The Morgan fingerprint density at radius 2 is 2.00 bits per heavy atom. The van der Waals surface area contributed by atoms with E-state index >= 15 is 0 Å². The number of unbranched alkanes of at least 4 members (excludes halogenated alkanes) is 1. The van der Waals surface area contributed by atoms with E-state index in [2.05, 4.69) is 13.8 Å². The average Bonchev–Trinajstić information content (AvgIpc) is 2.59. The third-order valence-electron chi connectivity index (χ3n) is 5.28. The van der Waals surface area contributed by atoms with E-state index in [1.165, 1.54) is 0 Å². The highest BCUT2D eigenvalue weighted by Crippen LogP contribution is 2.48. The van der Waals surface area contributed by atoms with Gasteiger partial charge >= 0.3 is 11.9 Å². The number of ether oxygens (including phenoxy) is 1. The predicted molar refractivity (Wildman–Crippen MR) is 92.3 cm³/mol. The summed E-state index contributed by atoms with van der Waals surface area (Å²) in [7, 11) is 0. The summed E-state index contributed by atoms with van der Waals surface area (Å²) in [6.07, 6.45) is 4.43. The van der Waals surface area contributed by atoms with Gasteiger partial charge in [-0.3, -0.25) is 9.59 Å². The molecule has 1 N–H and O–H groups in total. The van der Waals surface area contributed by atoms with Crippen LogP contribution in [0.4, 0.5) is 0 Å². The Labute approximate surface area is 144 Å². The monoisotopic (exact) mass is 332 g/mol. The minimum Gasteiger partial charge on any atom is -0.481 e. The fraction of sp³-hybridized carbons (Fsp3) is 0.600. The van der Waals surface area contributed by atoms with Crippen molar-refractivity contribution in [2.45, 2.75) is 59.0 Å². The Morgan fingerprint density at radius 1 is 1.29 bits per heavy atom. The Hall–Kier alpha value is -1.84. The van der Waals surface area contributed by atoms with Gasteiger partial charge in [-0.05, 0) is 37.2 Å². The lowest BCUT2D eigenvalue weighted by atomic mass is 9.61. The third-order valence-corrected chi connectivity index (χ3v) is 5.28. The fourth-order valence-corrected chi connectivity index (χ4v) is 3.77. The maximum Gasteiger partial charge on any atom is 0.313 e. The molecule has 0 bridgehead atoms. The Bertz CT molecular complexity index is 550. The van der Waals surface area contributed by atoms with Gasteiger partial charge in [0.2, 0.25) is 0 Å². The molecule has 0 radical (unpaired) electrons. The molecule has 1 aromatic rings. The normalized spacial score (nSPS) is 26.8. The van der Waals surface area contributed by atoms with Crippen LogP contribution in [0.3, 0.4) is 0 Å². The second kappa shape index (κ2) is 8.32. The van der Waals surface area contributed by atoms with Crippen LogP contribution in [-0.2, 0) is 20.9 Å². The van der Waals surface area contributed by atoms with Crippen LogP contribution in [0.25, 0.3) is 0 Å². The molecule has 3 atom stereocenters. The molecule has 132 valence electrons. The number of hydrogen-bond donors (Lipinski definition) is 1. The summed E-state index contributed by atoms with van der Waals surface area (Å²) in [6, 6.07) is 9.53. The zero-order chi connectivity index (χ0) is 17.6. The zero-order valence-corrected chi connectivity index (χ0v) is 14.7.